The molecule has 0 radical (unpaired) electrons. The van der Waals surface area contributed by atoms with Crippen LogP contribution in [0.15, 0.2) is 129 Å². The summed E-state index contributed by atoms with van der Waals surface area (Å²) >= 11 is 0. The van der Waals surface area contributed by atoms with Crippen LogP contribution in [0.1, 0.15) is 117 Å². The quantitative estimate of drug-likeness (QED) is 0.0312. The Hall–Kier alpha value is -13.4. The van der Waals surface area contributed by atoms with Gasteiger partial charge in [0.2, 0.25) is 67.8 Å². The highest BCUT2D eigenvalue weighted by Gasteiger charge is 2.33. The first-order valence-corrected chi connectivity index (χ1v) is 34.9. The molecule has 0 saturated carbocycles. The minimum atomic E-state index is -1.25. The molecule has 3 aliphatic rings. The molecule has 3 unspecified atom stereocenters. The molecule has 9 heterocycles. The number of carbonyl (C=O) groups is 8. The number of esters is 1. The van der Waals surface area contributed by atoms with Crippen molar-refractivity contribution in [1.29, 1.82) is 0 Å². The van der Waals surface area contributed by atoms with Gasteiger partial charge < -0.3 is 74.5 Å². The van der Waals surface area contributed by atoms with Crippen LogP contribution < -0.4 is 60.3 Å². The summed E-state index contributed by atoms with van der Waals surface area (Å²) in [6.07, 6.45) is 13.0. The third-order valence-corrected chi connectivity index (χ3v) is 15.8. The van der Waals surface area contributed by atoms with Crippen LogP contribution in [0.3, 0.4) is 0 Å². The van der Waals surface area contributed by atoms with Crippen molar-refractivity contribution in [3.63, 3.8) is 0 Å². The summed E-state index contributed by atoms with van der Waals surface area (Å²) in [5.74, 6) is 1.47. The lowest BCUT2D eigenvalue weighted by Gasteiger charge is -2.28. The predicted octanol–water partition coefficient (Wildman–Crippen LogP) is 5.29. The molecule has 6 aromatic heterocycles. The molecule has 7 amide bonds. The number of ether oxygens (including phenoxy) is 9. The van der Waals surface area contributed by atoms with Crippen molar-refractivity contribution in [2.75, 3.05) is 60.7 Å². The molecule has 37 heteroatoms. The van der Waals surface area contributed by atoms with Crippen molar-refractivity contribution >= 4 is 47.7 Å². The van der Waals surface area contributed by atoms with Crippen LogP contribution in [-0.2, 0) is 62.6 Å². The van der Waals surface area contributed by atoms with Crippen LogP contribution in [0.25, 0.3) is 17.8 Å². The summed E-state index contributed by atoms with van der Waals surface area (Å²) in [4.78, 5) is 145. The van der Waals surface area contributed by atoms with E-state index in [1.807, 2.05) is 18.2 Å². The van der Waals surface area contributed by atoms with Gasteiger partial charge in [-0.25, -0.2) is 59.2 Å². The Kier molecular flexibility index (Phi) is 26.4. The Morgan fingerprint density at radius 2 is 0.820 bits per heavy atom. The number of hydrogen-bond donors (Lipinski definition) is 6. The van der Waals surface area contributed by atoms with E-state index in [0.717, 1.165) is 5.56 Å². The Labute approximate surface area is 637 Å². The van der Waals surface area contributed by atoms with E-state index in [1.54, 1.807) is 181 Å². The lowest BCUT2D eigenvalue weighted by Crippen LogP contribution is -2.46. The van der Waals surface area contributed by atoms with Crippen LogP contribution in [-0.4, -0.2) is 188 Å². The van der Waals surface area contributed by atoms with Crippen molar-refractivity contribution in [1.82, 2.24) is 100 Å². The number of aryl methyl sites for hydroxylation is 3. The summed E-state index contributed by atoms with van der Waals surface area (Å²) in [5, 5.41) is 16.3. The molecule has 0 bridgehead atoms. The van der Waals surface area contributed by atoms with Crippen LogP contribution in [0, 0.1) is 20.8 Å². The monoisotopic (exact) mass is 1530 g/mol. The predicted molar refractivity (Wildman–Crippen MR) is 392 cm³/mol. The molecule has 584 valence electrons. The SMILES string of the molecule is CCOC(=O)C(NC(=O)CN(Cc1ccc2c(c1)OCO2)C(=O)OC(C)(C)C)c1cc(C)nc(-n2ccnc2)n1.CNC(=O)C(NC(=O)CN(Cc1ccc2c(c1)OCO2)C(=O)OC(C)(C)C)c1cc(C)nc(-n2ccnc2)n1.CNC(=O)C(NC(=O)CNCc1ccc2c(c1)OCO2)c1cc(C)nc(-n2ccnc2)n1. The van der Waals surface area contributed by atoms with Crippen molar-refractivity contribution < 1.29 is 81.0 Å². The first-order chi connectivity index (χ1) is 53.1. The maximum Gasteiger partial charge on any atom is 0.411 e. The van der Waals surface area contributed by atoms with E-state index in [9.17, 15) is 38.4 Å². The minimum Gasteiger partial charge on any atom is -0.464 e. The number of carbonyl (C=O) groups excluding carboxylic acids is 8. The van der Waals surface area contributed by atoms with E-state index in [1.165, 1.54) is 36.5 Å². The van der Waals surface area contributed by atoms with Gasteiger partial charge in [0.1, 0.15) is 43.3 Å². The summed E-state index contributed by atoms with van der Waals surface area (Å²) in [7, 11) is 2.96. The zero-order valence-electron chi connectivity index (χ0n) is 63.1. The van der Waals surface area contributed by atoms with Crippen LogP contribution in [0.4, 0.5) is 9.59 Å². The lowest BCUT2D eigenvalue weighted by atomic mass is 10.1. The van der Waals surface area contributed by atoms with Gasteiger partial charge in [0.05, 0.1) is 30.2 Å². The van der Waals surface area contributed by atoms with E-state index >= 15 is 0 Å². The number of benzene rings is 3. The summed E-state index contributed by atoms with van der Waals surface area (Å²) in [6, 6.07) is 17.6. The number of fused-ring (bicyclic) bond motifs is 3. The highest BCUT2D eigenvalue weighted by Crippen LogP contribution is 2.35. The number of imidazole rings is 3. The van der Waals surface area contributed by atoms with Crippen molar-refractivity contribution in [2.24, 2.45) is 0 Å². The van der Waals surface area contributed by atoms with Gasteiger partial charge in [0, 0.05) is 88.0 Å². The fourth-order valence-corrected chi connectivity index (χ4v) is 10.9. The second-order valence-electron chi connectivity index (χ2n) is 26.9. The van der Waals surface area contributed by atoms with Gasteiger partial charge in [0.15, 0.2) is 52.6 Å². The van der Waals surface area contributed by atoms with E-state index in [2.05, 4.69) is 76.8 Å². The number of aromatic nitrogens is 12. The van der Waals surface area contributed by atoms with E-state index in [0.29, 0.717) is 86.8 Å². The zero-order valence-corrected chi connectivity index (χ0v) is 63.1. The van der Waals surface area contributed by atoms with Crippen molar-refractivity contribution in [3.8, 4) is 52.3 Å². The summed E-state index contributed by atoms with van der Waals surface area (Å²) < 4.78 is 53.3. The number of amides is 7. The molecule has 3 atom stereocenters. The number of nitrogens with one attached hydrogen (secondary N) is 6. The smallest absolute Gasteiger partial charge is 0.411 e. The normalized spacial score (nSPS) is 12.9. The maximum atomic E-state index is 13.3. The molecule has 0 saturated heterocycles. The molecule has 9 aromatic rings. The lowest BCUT2D eigenvalue weighted by molar-refractivity contribution is -0.147. The zero-order chi connectivity index (χ0) is 79.5. The Bertz CT molecular complexity index is 4780. The highest BCUT2D eigenvalue weighted by atomic mass is 16.7. The molecule has 0 fully saturated rings. The second-order valence-corrected chi connectivity index (χ2v) is 26.9. The molecule has 6 N–H and O–H groups in total. The molecular weight excluding hydrogens is 1440 g/mol. The van der Waals surface area contributed by atoms with Gasteiger partial charge in [-0.1, -0.05) is 18.2 Å². The van der Waals surface area contributed by atoms with E-state index in [4.69, 9.17) is 42.6 Å². The molecule has 0 spiro atoms. The fraction of sp³-hybridized carbons (Fsp3) is 0.365. The first-order valence-electron chi connectivity index (χ1n) is 34.9. The summed E-state index contributed by atoms with van der Waals surface area (Å²) in [5.41, 5.74) is 3.46. The van der Waals surface area contributed by atoms with Gasteiger partial charge in [-0.05, 0) is 141 Å². The minimum absolute atomic E-state index is 0.0143. The fourth-order valence-electron chi connectivity index (χ4n) is 10.9. The molecular formula is C74H86N20O17. The van der Waals surface area contributed by atoms with Gasteiger partial charge in [0.25, 0.3) is 0 Å². The van der Waals surface area contributed by atoms with Crippen molar-refractivity contribution in [3.05, 3.63) is 180 Å². The Balaban J connectivity index is 0.000000178. The molecule has 111 heavy (non-hydrogen) atoms. The third kappa shape index (κ3) is 22.6. The van der Waals surface area contributed by atoms with Crippen LogP contribution >= 0.6 is 0 Å². The van der Waals surface area contributed by atoms with Crippen LogP contribution in [0.5, 0.6) is 34.5 Å². The standard InChI is InChI=1S/C27H32N6O7.C26H31N7O6.C21H23N7O4/c1-6-37-24(35)23(19-11-17(2)29-25(30-19)32-10-9-28-15-32)31-22(34)14-33(26(36)40-27(3,4)5)13-18-7-8-20-21(12-18)39-16-38-20;1-16-10-18(30-24(29-16)32-9-8-28-14-32)22(23(35)27-5)31-21(34)13-33(25(36)39-26(2,3)4)12-17-6-7-19-20(11-17)38-15-37-19;1-13-7-15(26-21(25-13)28-6-5-23-11-28)19(20(30)22-2)27-18(29)10-24-9-14-3-4-16-17(8-14)32-12-31-16/h7-12,15,23H,6,13-14,16H2,1-5H3,(H,31,34);6-11,14,22H,12-13,15H2,1-5H3,(H,27,35)(H,31,34);3-8,11,19,24H,9-10,12H2,1-2H3,(H,22,30)(H,27,29). The van der Waals surface area contributed by atoms with Crippen molar-refractivity contribution in [2.45, 2.75) is 118 Å². The Morgan fingerprint density at radius 1 is 0.468 bits per heavy atom. The average molecular weight is 1530 g/mol. The average Bonchev–Trinajstić information content (AvgIpc) is 0.846. The number of likely N-dealkylation sites (N-methyl/N-ethyl adjacent to an activating group) is 2. The molecule has 37 nitrogen and oxygen atoms in total. The molecule has 3 aromatic carbocycles. The van der Waals surface area contributed by atoms with E-state index in [-0.39, 0.29) is 82.3 Å². The van der Waals surface area contributed by atoms with Gasteiger partial charge in [-0.2, -0.15) is 0 Å². The topological polar surface area (TPSA) is 429 Å². The first kappa shape index (κ1) is 80.2. The number of nitrogens with zero attached hydrogens (tertiary/aromatic N) is 14. The molecule has 0 aliphatic carbocycles. The highest BCUT2D eigenvalue weighted by molar-refractivity contribution is 5.91. The second kappa shape index (κ2) is 36.5. The number of hydrogen-bond acceptors (Lipinski definition) is 27. The molecule has 3 aliphatic heterocycles. The number of rotatable bonds is 25. The largest absolute Gasteiger partial charge is 0.464 e. The van der Waals surface area contributed by atoms with Gasteiger partial charge >= 0.3 is 18.2 Å². The molecule has 12 rings (SSSR count). The summed E-state index contributed by atoms with van der Waals surface area (Å²) in [6.45, 7) is 17.7. The third-order valence-electron chi connectivity index (χ3n) is 15.8. The Morgan fingerprint density at radius 3 is 1.18 bits per heavy atom. The van der Waals surface area contributed by atoms with Gasteiger partial charge in [-0.3, -0.25) is 47.5 Å². The maximum absolute atomic E-state index is 13.3. The van der Waals surface area contributed by atoms with E-state index < -0.39 is 71.7 Å². The van der Waals surface area contributed by atoms with Gasteiger partial charge in [-0.15, -0.1) is 0 Å². The van der Waals surface area contributed by atoms with Crippen LogP contribution in [0.2, 0.25) is 0 Å².